The molecule has 0 aromatic heterocycles. The van der Waals surface area contributed by atoms with E-state index in [-0.39, 0.29) is 35.4 Å². The largest absolute Gasteiger partial charge is 0.509 e. The van der Waals surface area contributed by atoms with Gasteiger partial charge in [0.05, 0.1) is 23.0 Å². The van der Waals surface area contributed by atoms with Crippen molar-refractivity contribution in [3.8, 4) is 0 Å². The van der Waals surface area contributed by atoms with Crippen LogP contribution < -0.4 is 0 Å². The Kier molecular flexibility index (Phi) is 7.51. The summed E-state index contributed by atoms with van der Waals surface area (Å²) >= 11 is 13.3. The fraction of sp³-hybridized carbons (Fsp3) is 0.552. The molecule has 0 radical (unpaired) electrons. The van der Waals surface area contributed by atoms with Crippen molar-refractivity contribution in [2.45, 2.75) is 67.4 Å². The predicted octanol–water partition coefficient (Wildman–Crippen LogP) is 4.78. The SMILES string of the molecule is COC(=O)O[C@]1(C(=O)COS(=O)(=O)c2ccc(Cl)cc2)CC[C@H]2[C@@H]3CCC4=CC(=O)C=C[C@]4(C)[C@@]3(Cl)C(O)C[C@@]21C. The van der Waals surface area contributed by atoms with Crippen LogP contribution in [0, 0.1) is 22.7 Å². The van der Waals surface area contributed by atoms with E-state index >= 15 is 0 Å². The molecule has 0 saturated heterocycles. The van der Waals surface area contributed by atoms with Crippen LogP contribution in [0.4, 0.5) is 4.79 Å². The highest BCUT2D eigenvalue weighted by Gasteiger charge is 2.74. The smallest absolute Gasteiger partial charge is 0.438 e. The first-order valence-electron chi connectivity index (χ1n) is 13.4. The number of ether oxygens (including phenoxy) is 2. The number of aliphatic hydroxyl groups is 1. The van der Waals surface area contributed by atoms with E-state index in [9.17, 15) is 27.9 Å². The molecule has 0 amide bonds. The molecule has 5 rings (SSSR count). The number of Topliss-reactive ketones (excluding diaryl/α,β-unsaturated/α-hetero) is 1. The lowest BCUT2D eigenvalue weighted by Crippen LogP contribution is -2.69. The van der Waals surface area contributed by atoms with Crippen molar-refractivity contribution in [2.24, 2.45) is 22.7 Å². The maximum absolute atomic E-state index is 14.0. The van der Waals surface area contributed by atoms with Crippen LogP contribution >= 0.6 is 23.2 Å². The van der Waals surface area contributed by atoms with E-state index in [1.807, 2.05) is 6.92 Å². The van der Waals surface area contributed by atoms with Gasteiger partial charge in [-0.25, -0.2) is 4.79 Å². The number of carbonyl (C=O) groups excluding carboxylic acids is 3. The summed E-state index contributed by atoms with van der Waals surface area (Å²) in [5.74, 6) is -1.48. The summed E-state index contributed by atoms with van der Waals surface area (Å²) in [5, 5.41) is 12.1. The Morgan fingerprint density at radius 2 is 1.80 bits per heavy atom. The van der Waals surface area contributed by atoms with Crippen LogP contribution in [-0.4, -0.2) is 61.5 Å². The molecule has 7 atom stereocenters. The predicted molar refractivity (Wildman–Crippen MR) is 149 cm³/mol. The Morgan fingerprint density at radius 1 is 1.12 bits per heavy atom. The highest BCUT2D eigenvalue weighted by Crippen LogP contribution is 2.71. The number of benzene rings is 1. The quantitative estimate of drug-likeness (QED) is 0.269. The monoisotopic (exact) mass is 626 g/mol. The van der Waals surface area contributed by atoms with Crippen LogP contribution in [0.15, 0.2) is 53.0 Å². The van der Waals surface area contributed by atoms with Crippen LogP contribution in [0.2, 0.25) is 5.02 Å². The Bertz CT molecular complexity index is 1450. The molecule has 12 heteroatoms. The number of carbonyl (C=O) groups is 3. The van der Waals surface area contributed by atoms with Gasteiger partial charge in [-0.3, -0.25) is 13.8 Å². The first-order chi connectivity index (χ1) is 19.1. The lowest BCUT2D eigenvalue weighted by Gasteiger charge is -2.63. The number of hydrogen-bond acceptors (Lipinski definition) is 9. The lowest BCUT2D eigenvalue weighted by molar-refractivity contribution is -0.178. The summed E-state index contributed by atoms with van der Waals surface area (Å²) in [5.41, 5.74) is -2.92. The summed E-state index contributed by atoms with van der Waals surface area (Å²) in [7, 11) is -3.23. The maximum atomic E-state index is 14.0. The van der Waals surface area contributed by atoms with Crippen LogP contribution in [0.3, 0.4) is 0 Å². The summed E-state index contributed by atoms with van der Waals surface area (Å²) in [4.78, 5) is 37.3. The van der Waals surface area contributed by atoms with E-state index in [0.29, 0.717) is 24.3 Å². The zero-order valence-electron chi connectivity index (χ0n) is 22.9. The molecule has 0 heterocycles. The van der Waals surface area contributed by atoms with Gasteiger partial charge in [-0.05, 0) is 80.4 Å². The Hall–Kier alpha value is -2.24. The standard InChI is InChI=1S/C29H32Cl2O9S/c1-26-12-10-19(32)14-17(26)4-9-22-21-11-13-28(40-25(35)38-3,27(21,2)15-23(33)29(22,26)31)24(34)16-39-41(36,37)20-7-5-18(30)6-8-20/h5-8,10,12,14,21-23,33H,4,9,11,13,15-16H2,1-3H3/t21-,22-,23?,26-,27-,28-,29-/m0/s1. The van der Waals surface area contributed by atoms with Crippen molar-refractivity contribution >= 4 is 51.0 Å². The number of halogens is 2. The molecule has 1 N–H and O–H groups in total. The molecule has 0 aliphatic heterocycles. The Labute approximate surface area is 248 Å². The van der Waals surface area contributed by atoms with Crippen molar-refractivity contribution in [3.05, 3.63) is 53.1 Å². The first kappa shape index (κ1) is 30.2. The number of fused-ring (bicyclic) bond motifs is 5. The lowest BCUT2D eigenvalue weighted by atomic mass is 9.45. The number of hydrogen-bond donors (Lipinski definition) is 1. The van der Waals surface area contributed by atoms with E-state index in [4.69, 9.17) is 36.9 Å². The summed E-state index contributed by atoms with van der Waals surface area (Å²) in [6.45, 7) is 2.79. The molecule has 3 saturated carbocycles. The number of ketones is 2. The van der Waals surface area contributed by atoms with E-state index in [2.05, 4.69) is 0 Å². The van der Waals surface area contributed by atoms with Gasteiger partial charge in [0.2, 0.25) is 5.78 Å². The average Bonchev–Trinajstić information content (AvgIpc) is 3.21. The molecule has 1 unspecified atom stereocenters. The second kappa shape index (κ2) is 10.2. The zero-order valence-corrected chi connectivity index (χ0v) is 25.2. The second-order valence-corrected chi connectivity index (χ2v) is 14.5. The normalized spacial score (nSPS) is 37.9. The Balaban J connectivity index is 1.50. The van der Waals surface area contributed by atoms with Gasteiger partial charge >= 0.3 is 6.16 Å². The number of allylic oxidation sites excluding steroid dienone is 4. The van der Waals surface area contributed by atoms with Crippen molar-refractivity contribution in [1.29, 1.82) is 0 Å². The topological polar surface area (TPSA) is 133 Å². The van der Waals surface area contributed by atoms with Gasteiger partial charge in [0, 0.05) is 15.9 Å². The van der Waals surface area contributed by atoms with E-state index in [1.165, 1.54) is 30.3 Å². The van der Waals surface area contributed by atoms with Crippen LogP contribution in [0.25, 0.3) is 0 Å². The van der Waals surface area contributed by atoms with Crippen molar-refractivity contribution in [1.82, 2.24) is 0 Å². The van der Waals surface area contributed by atoms with Crippen molar-refractivity contribution in [2.75, 3.05) is 13.7 Å². The summed E-state index contributed by atoms with van der Waals surface area (Å²) < 4.78 is 41.3. The zero-order chi connectivity index (χ0) is 30.0. The van der Waals surface area contributed by atoms with Crippen LogP contribution in [0.1, 0.15) is 46.0 Å². The van der Waals surface area contributed by atoms with Gasteiger partial charge in [-0.15, -0.1) is 11.6 Å². The third-order valence-corrected chi connectivity index (χ3v) is 12.5. The molecular formula is C29H32Cl2O9S. The minimum Gasteiger partial charge on any atom is -0.438 e. The van der Waals surface area contributed by atoms with Gasteiger partial charge in [0.15, 0.2) is 11.4 Å². The fourth-order valence-electron chi connectivity index (χ4n) is 7.98. The fourth-order valence-corrected chi connectivity index (χ4v) is 9.50. The molecule has 4 aliphatic carbocycles. The number of aliphatic hydroxyl groups excluding tert-OH is 1. The molecule has 41 heavy (non-hydrogen) atoms. The van der Waals surface area contributed by atoms with Gasteiger partial charge in [0.1, 0.15) is 6.61 Å². The Morgan fingerprint density at radius 3 is 2.46 bits per heavy atom. The second-order valence-electron chi connectivity index (χ2n) is 11.8. The third kappa shape index (κ3) is 4.40. The number of rotatable bonds is 6. The minimum absolute atomic E-state index is 0.0189. The highest BCUT2D eigenvalue weighted by molar-refractivity contribution is 7.86. The first-order valence-corrected chi connectivity index (χ1v) is 15.6. The summed E-state index contributed by atoms with van der Waals surface area (Å²) in [6, 6.07) is 5.28. The molecular weight excluding hydrogens is 595 g/mol. The minimum atomic E-state index is -4.34. The van der Waals surface area contributed by atoms with Crippen molar-refractivity contribution in [3.63, 3.8) is 0 Å². The molecule has 1 aromatic rings. The molecule has 1 aromatic carbocycles. The molecule has 0 bridgehead atoms. The third-order valence-electron chi connectivity index (χ3n) is 10.1. The maximum Gasteiger partial charge on any atom is 0.509 e. The van der Waals surface area contributed by atoms with Crippen LogP contribution in [-0.2, 0) is 33.4 Å². The highest BCUT2D eigenvalue weighted by atomic mass is 35.5. The van der Waals surface area contributed by atoms with Gasteiger partial charge in [-0.2, -0.15) is 8.42 Å². The molecule has 9 nitrogen and oxygen atoms in total. The molecule has 4 aliphatic rings. The van der Waals surface area contributed by atoms with E-state index < -0.39 is 56.1 Å². The van der Waals surface area contributed by atoms with Crippen LogP contribution in [0.5, 0.6) is 0 Å². The average molecular weight is 628 g/mol. The summed E-state index contributed by atoms with van der Waals surface area (Å²) in [6.07, 6.45) is 4.15. The van der Waals surface area contributed by atoms with E-state index in [1.54, 1.807) is 19.1 Å². The van der Waals surface area contributed by atoms with Gasteiger partial charge in [0.25, 0.3) is 10.1 Å². The number of alkyl halides is 1. The molecule has 3 fully saturated rings. The van der Waals surface area contributed by atoms with E-state index in [0.717, 1.165) is 12.7 Å². The van der Waals surface area contributed by atoms with Crippen molar-refractivity contribution < 1.29 is 41.6 Å². The van der Waals surface area contributed by atoms with Gasteiger partial charge < -0.3 is 14.6 Å². The molecule has 222 valence electrons. The molecule has 0 spiro atoms. The number of methoxy groups -OCH3 is 1. The van der Waals surface area contributed by atoms with Gasteiger partial charge in [-0.1, -0.05) is 37.1 Å².